The minimum atomic E-state index is -0.423. The maximum atomic E-state index is 13.7. The zero-order valence-corrected chi connectivity index (χ0v) is 13.3. The van der Waals surface area contributed by atoms with Gasteiger partial charge in [0, 0.05) is 30.3 Å². The van der Waals surface area contributed by atoms with Gasteiger partial charge >= 0.3 is 0 Å². The highest BCUT2D eigenvalue weighted by atomic mass is 19.1. The van der Waals surface area contributed by atoms with Crippen LogP contribution in [0.3, 0.4) is 0 Å². The number of nitriles is 2. The smallest absolute Gasteiger partial charge is 0.108 e. The predicted molar refractivity (Wildman–Crippen MR) is 87.0 cm³/mol. The number of allylic oxidation sites excluding steroid dienone is 8. The third-order valence-electron chi connectivity index (χ3n) is 3.04. The van der Waals surface area contributed by atoms with Gasteiger partial charge in [-0.05, 0) is 31.9 Å². The molecule has 4 heteroatoms. The Morgan fingerprint density at radius 1 is 1.32 bits per heavy atom. The first-order valence-electron chi connectivity index (χ1n) is 6.72. The van der Waals surface area contributed by atoms with Gasteiger partial charge in [0.1, 0.15) is 17.5 Å². The summed E-state index contributed by atoms with van der Waals surface area (Å²) in [5, 5.41) is 20.8. The molecule has 0 aliphatic carbocycles. The molecule has 0 aliphatic rings. The van der Waals surface area contributed by atoms with Crippen molar-refractivity contribution in [2.45, 2.75) is 26.7 Å². The minimum Gasteiger partial charge on any atom is -0.391 e. The zero-order valence-electron chi connectivity index (χ0n) is 13.3. The standard InChI is InChI=1S/C18H20FN3/c1-6-15(8-9-17(19)10-13(3)11-20)18(14(4)22-5)16(7-2)12-21/h6,9,22H,2-3,8,10H2,1,4-5H3/b15-6+,17-9+,18-14-. The van der Waals surface area contributed by atoms with Gasteiger partial charge in [-0.25, -0.2) is 4.39 Å². The maximum absolute atomic E-state index is 13.7. The molecule has 0 atom stereocenters. The molecule has 114 valence electrons. The molecule has 0 aliphatic heterocycles. The van der Waals surface area contributed by atoms with Gasteiger partial charge in [0.2, 0.25) is 0 Å². The minimum absolute atomic E-state index is 0.0973. The van der Waals surface area contributed by atoms with E-state index in [9.17, 15) is 9.65 Å². The summed E-state index contributed by atoms with van der Waals surface area (Å²) in [4.78, 5) is 0. The van der Waals surface area contributed by atoms with Crippen LogP contribution in [0.5, 0.6) is 0 Å². The topological polar surface area (TPSA) is 59.6 Å². The second kappa shape index (κ2) is 10.00. The highest BCUT2D eigenvalue weighted by molar-refractivity contribution is 5.55. The summed E-state index contributed by atoms with van der Waals surface area (Å²) in [6, 6.07) is 3.85. The van der Waals surface area contributed by atoms with Crippen molar-refractivity contribution in [3.8, 4) is 12.1 Å². The molecule has 0 spiro atoms. The maximum Gasteiger partial charge on any atom is 0.108 e. The Bertz CT molecular complexity index is 657. The van der Waals surface area contributed by atoms with Crippen LogP contribution in [-0.2, 0) is 0 Å². The third-order valence-corrected chi connectivity index (χ3v) is 3.04. The molecule has 0 unspecified atom stereocenters. The lowest BCUT2D eigenvalue weighted by Gasteiger charge is -2.13. The fourth-order valence-corrected chi connectivity index (χ4v) is 1.80. The average molecular weight is 297 g/mol. The second-order valence-corrected chi connectivity index (χ2v) is 4.47. The summed E-state index contributed by atoms with van der Waals surface area (Å²) >= 11 is 0. The van der Waals surface area contributed by atoms with Crippen LogP contribution in [0.4, 0.5) is 4.39 Å². The molecule has 0 aromatic carbocycles. The zero-order chi connectivity index (χ0) is 17.1. The van der Waals surface area contributed by atoms with Gasteiger partial charge in [-0.3, -0.25) is 0 Å². The van der Waals surface area contributed by atoms with E-state index in [1.165, 1.54) is 6.08 Å². The lowest BCUT2D eigenvalue weighted by Crippen LogP contribution is -2.08. The first kappa shape index (κ1) is 19.2. The van der Waals surface area contributed by atoms with Crippen molar-refractivity contribution in [2.75, 3.05) is 7.05 Å². The van der Waals surface area contributed by atoms with Gasteiger partial charge in [-0.15, -0.1) is 5.73 Å². The Morgan fingerprint density at radius 3 is 2.36 bits per heavy atom. The average Bonchev–Trinajstić information content (AvgIpc) is 2.53. The number of rotatable bonds is 7. The van der Waals surface area contributed by atoms with E-state index in [0.717, 1.165) is 11.3 Å². The van der Waals surface area contributed by atoms with Gasteiger partial charge in [0.15, 0.2) is 0 Å². The van der Waals surface area contributed by atoms with Crippen molar-refractivity contribution in [1.29, 1.82) is 10.5 Å². The van der Waals surface area contributed by atoms with Crippen LogP contribution in [0, 0.1) is 22.7 Å². The Balaban J connectivity index is 5.55. The lowest BCUT2D eigenvalue weighted by atomic mass is 9.94. The Labute approximate surface area is 131 Å². The molecule has 0 bridgehead atoms. The molecule has 0 saturated carbocycles. The number of nitrogens with one attached hydrogen (secondary N) is 1. The van der Waals surface area contributed by atoms with Crippen molar-refractivity contribution < 1.29 is 4.39 Å². The van der Waals surface area contributed by atoms with E-state index in [1.807, 2.05) is 32.1 Å². The van der Waals surface area contributed by atoms with Crippen molar-refractivity contribution in [3.05, 3.63) is 64.9 Å². The van der Waals surface area contributed by atoms with E-state index in [0.29, 0.717) is 17.6 Å². The second-order valence-electron chi connectivity index (χ2n) is 4.47. The fourth-order valence-electron chi connectivity index (χ4n) is 1.80. The molecular weight excluding hydrogens is 277 g/mol. The highest BCUT2D eigenvalue weighted by Gasteiger charge is 2.13. The summed E-state index contributed by atoms with van der Waals surface area (Å²) in [5.41, 5.74) is 5.28. The molecule has 1 N–H and O–H groups in total. The summed E-state index contributed by atoms with van der Waals surface area (Å²) in [6.07, 6.45) is 3.40. The van der Waals surface area contributed by atoms with Crippen LogP contribution in [0.1, 0.15) is 26.7 Å². The molecule has 0 aromatic heterocycles. The highest BCUT2D eigenvalue weighted by Crippen LogP contribution is 2.25. The Kier molecular flexibility index (Phi) is 8.72. The van der Waals surface area contributed by atoms with Gasteiger partial charge in [0.25, 0.3) is 0 Å². The molecule has 0 aromatic rings. The molecule has 0 amide bonds. The Hall–Kier alpha value is -2.81. The third kappa shape index (κ3) is 5.67. The van der Waals surface area contributed by atoms with Gasteiger partial charge in [0.05, 0.1) is 6.07 Å². The quantitative estimate of drug-likeness (QED) is 0.431. The van der Waals surface area contributed by atoms with Crippen LogP contribution in [0.25, 0.3) is 0 Å². The monoisotopic (exact) mass is 297 g/mol. The van der Waals surface area contributed by atoms with E-state index in [-0.39, 0.29) is 12.0 Å². The van der Waals surface area contributed by atoms with E-state index in [2.05, 4.69) is 24.2 Å². The number of nitrogens with zero attached hydrogens (tertiary/aromatic N) is 2. The van der Waals surface area contributed by atoms with Crippen LogP contribution in [0.15, 0.2) is 64.9 Å². The van der Waals surface area contributed by atoms with E-state index in [1.54, 1.807) is 7.05 Å². The number of hydrogen-bond donors (Lipinski definition) is 1. The molecular formula is C18H20FN3. The summed E-state index contributed by atoms with van der Waals surface area (Å²) in [7, 11) is 1.74. The van der Waals surface area contributed by atoms with E-state index >= 15 is 0 Å². The molecule has 3 nitrogen and oxygen atoms in total. The van der Waals surface area contributed by atoms with Crippen LogP contribution in [0.2, 0.25) is 0 Å². The van der Waals surface area contributed by atoms with E-state index in [4.69, 9.17) is 5.26 Å². The first-order valence-corrected chi connectivity index (χ1v) is 6.72. The van der Waals surface area contributed by atoms with Crippen molar-refractivity contribution in [3.63, 3.8) is 0 Å². The summed E-state index contributed by atoms with van der Waals surface area (Å²) in [6.45, 7) is 10.6. The summed E-state index contributed by atoms with van der Waals surface area (Å²) < 4.78 is 13.7. The fraction of sp³-hybridized carbons (Fsp3) is 0.278. The Morgan fingerprint density at radius 2 is 1.95 bits per heavy atom. The van der Waals surface area contributed by atoms with E-state index < -0.39 is 5.83 Å². The van der Waals surface area contributed by atoms with Crippen molar-refractivity contribution >= 4 is 0 Å². The van der Waals surface area contributed by atoms with Crippen molar-refractivity contribution in [1.82, 2.24) is 5.32 Å². The predicted octanol–water partition coefficient (Wildman–Crippen LogP) is 4.37. The normalized spacial score (nSPS) is 12.5. The molecule has 22 heavy (non-hydrogen) atoms. The molecule has 0 saturated heterocycles. The molecule has 0 radical (unpaired) electrons. The first-order chi connectivity index (χ1) is 10.4. The van der Waals surface area contributed by atoms with Crippen LogP contribution in [-0.4, -0.2) is 7.05 Å². The lowest BCUT2D eigenvalue weighted by molar-refractivity contribution is 0.609. The van der Waals surface area contributed by atoms with Crippen LogP contribution < -0.4 is 5.32 Å². The van der Waals surface area contributed by atoms with Gasteiger partial charge in [-0.1, -0.05) is 19.2 Å². The van der Waals surface area contributed by atoms with Crippen LogP contribution >= 0.6 is 0 Å². The van der Waals surface area contributed by atoms with Gasteiger partial charge < -0.3 is 5.32 Å². The molecule has 0 heterocycles. The van der Waals surface area contributed by atoms with Crippen molar-refractivity contribution in [2.24, 2.45) is 0 Å². The number of hydrogen-bond acceptors (Lipinski definition) is 3. The summed E-state index contributed by atoms with van der Waals surface area (Å²) in [5.74, 6) is -0.423. The SMILES string of the molecule is C=C=C(C#N)C(=C(/C)NC)/C(=C/C)C/C=C(/F)CC(=C)C#N. The largest absolute Gasteiger partial charge is 0.391 e. The molecule has 0 fully saturated rings. The molecule has 0 rings (SSSR count). The van der Waals surface area contributed by atoms with Gasteiger partial charge in [-0.2, -0.15) is 10.5 Å². The number of halogens is 1.